The van der Waals surface area contributed by atoms with Crippen molar-refractivity contribution in [2.75, 3.05) is 31.2 Å². The van der Waals surface area contributed by atoms with Gasteiger partial charge in [-0.2, -0.15) is 0 Å². The molecule has 0 unspecified atom stereocenters. The van der Waals surface area contributed by atoms with Crippen molar-refractivity contribution in [3.05, 3.63) is 60.0 Å². The summed E-state index contributed by atoms with van der Waals surface area (Å²) < 4.78 is 37.9. The third-order valence-corrected chi connectivity index (χ3v) is 7.78. The zero-order chi connectivity index (χ0) is 25.9. The molecule has 36 heavy (non-hydrogen) atoms. The van der Waals surface area contributed by atoms with Gasteiger partial charge in [-0.15, -0.1) is 4.33 Å². The number of nitrogens with zero attached hydrogens (tertiary/aromatic N) is 1. The highest BCUT2D eigenvalue weighted by atomic mass is 32.2. The van der Waals surface area contributed by atoms with Crippen molar-refractivity contribution in [3.63, 3.8) is 0 Å². The highest BCUT2D eigenvalue weighted by molar-refractivity contribution is 7.94. The van der Waals surface area contributed by atoms with Crippen LogP contribution in [-0.4, -0.2) is 39.6 Å². The summed E-state index contributed by atoms with van der Waals surface area (Å²) in [5.74, 6) is 0.693. The van der Waals surface area contributed by atoms with E-state index in [-0.39, 0.29) is 4.90 Å². The Kier molecular flexibility index (Phi) is 8.01. The van der Waals surface area contributed by atoms with Crippen LogP contribution in [0, 0.1) is 0 Å². The van der Waals surface area contributed by atoms with Crippen LogP contribution < -0.4 is 15.2 Å². The fourth-order valence-electron chi connectivity index (χ4n) is 4.33. The topological polar surface area (TPSA) is 101 Å². The van der Waals surface area contributed by atoms with Crippen LogP contribution in [0.25, 0.3) is 33.4 Å². The van der Waals surface area contributed by atoms with Crippen molar-refractivity contribution in [1.82, 2.24) is 4.58 Å². The van der Waals surface area contributed by atoms with Crippen LogP contribution in [-0.2, 0) is 19.2 Å². The first-order valence-corrected chi connectivity index (χ1v) is 14.3. The molecular formula is C26H29N2O6S2+. The molecule has 1 aliphatic carbocycles. The highest BCUT2D eigenvalue weighted by Crippen LogP contribution is 2.44. The molecule has 0 atom stereocenters. The van der Waals surface area contributed by atoms with Crippen LogP contribution >= 0.6 is 12.0 Å². The first kappa shape index (κ1) is 26.2. The molecule has 1 heterocycles. The molecule has 2 aromatic rings. The molecule has 0 saturated heterocycles. The van der Waals surface area contributed by atoms with Crippen molar-refractivity contribution in [2.45, 2.75) is 30.6 Å². The quantitative estimate of drug-likeness (QED) is 0.0993. The number of rotatable bonds is 9. The lowest BCUT2D eigenvalue weighted by atomic mass is 9.93. The van der Waals surface area contributed by atoms with Gasteiger partial charge in [0.15, 0.2) is 9.84 Å². The van der Waals surface area contributed by atoms with Crippen molar-refractivity contribution in [1.29, 1.82) is 0 Å². The molecule has 2 N–H and O–H groups in total. The van der Waals surface area contributed by atoms with E-state index in [1.54, 1.807) is 12.1 Å². The zero-order valence-electron chi connectivity index (χ0n) is 20.6. The molecule has 0 bridgehead atoms. The van der Waals surface area contributed by atoms with Crippen LogP contribution in [0.2, 0.25) is 0 Å². The zero-order valence-corrected chi connectivity index (χ0v) is 22.2. The Hall–Kier alpha value is -2.89. The Morgan fingerprint density at radius 2 is 1.75 bits per heavy atom. The molecule has 190 valence electrons. The Labute approximate surface area is 214 Å². The lowest BCUT2D eigenvalue weighted by Gasteiger charge is -2.18. The van der Waals surface area contributed by atoms with Gasteiger partial charge in [0.2, 0.25) is 5.36 Å². The number of hydrogen-bond donors (Lipinski definition) is 2. The van der Waals surface area contributed by atoms with Crippen LogP contribution in [0.1, 0.15) is 20.8 Å². The molecule has 4 rings (SSSR count). The van der Waals surface area contributed by atoms with Crippen molar-refractivity contribution >= 4 is 38.5 Å². The van der Waals surface area contributed by atoms with E-state index in [1.165, 1.54) is 6.07 Å². The summed E-state index contributed by atoms with van der Waals surface area (Å²) in [6.45, 7) is 8.73. The van der Waals surface area contributed by atoms with Crippen LogP contribution in [0.5, 0.6) is 0 Å². The minimum absolute atomic E-state index is 0.128. The molecule has 0 amide bonds. The SMILES string of the molecule is CCNc1ccc2c(-c3ccc(S(C)(=O)=O)cc3SOOO)c3ccc(=[N+](CC)CC)cc-3oc2c1. The van der Waals surface area contributed by atoms with Crippen LogP contribution in [0.15, 0.2) is 68.8 Å². The van der Waals surface area contributed by atoms with Gasteiger partial charge in [0.1, 0.15) is 24.4 Å². The summed E-state index contributed by atoms with van der Waals surface area (Å²) in [4.78, 5) is 0.590. The van der Waals surface area contributed by atoms with Crippen LogP contribution in [0.4, 0.5) is 5.69 Å². The third kappa shape index (κ3) is 5.28. The molecule has 0 aromatic heterocycles. The van der Waals surface area contributed by atoms with Crippen molar-refractivity contribution in [2.24, 2.45) is 0 Å². The maximum Gasteiger partial charge on any atom is 0.203 e. The Balaban J connectivity index is 2.10. The van der Waals surface area contributed by atoms with E-state index < -0.39 is 9.84 Å². The average molecular weight is 530 g/mol. The molecule has 2 aliphatic rings. The van der Waals surface area contributed by atoms with Crippen molar-refractivity contribution in [3.8, 4) is 22.5 Å². The van der Waals surface area contributed by atoms with Crippen molar-refractivity contribution < 1.29 is 27.5 Å². The van der Waals surface area contributed by atoms with E-state index in [1.807, 2.05) is 37.3 Å². The predicted molar refractivity (Wildman–Crippen MR) is 143 cm³/mol. The summed E-state index contributed by atoms with van der Waals surface area (Å²) in [6.07, 6.45) is 1.14. The average Bonchev–Trinajstić information content (AvgIpc) is 2.86. The van der Waals surface area contributed by atoms with E-state index in [0.717, 1.165) is 65.5 Å². The lowest BCUT2D eigenvalue weighted by molar-refractivity contribution is -0.432. The standard InChI is InChI=1S/C26H28N2O6S2/c1-5-27-17-8-11-20-23(14-17)32-24-15-18(28(6-2)7-3)9-12-21(24)26(20)22-13-10-19(36(4,30)31)16-25(22)35-34-33-29/h8-16,29H,5-7H2,1-4H3/p+1. The van der Waals surface area contributed by atoms with E-state index in [2.05, 4.69) is 34.8 Å². The maximum atomic E-state index is 12.2. The fraction of sp³-hybridized carbons (Fsp3) is 0.269. The Morgan fingerprint density at radius 3 is 2.42 bits per heavy atom. The summed E-state index contributed by atoms with van der Waals surface area (Å²) in [6, 6.07) is 16.8. The van der Waals surface area contributed by atoms with Gasteiger partial charge in [-0.25, -0.2) is 18.3 Å². The Morgan fingerprint density at radius 1 is 1.00 bits per heavy atom. The Bertz CT molecular complexity index is 1540. The molecular weight excluding hydrogens is 500 g/mol. The van der Waals surface area contributed by atoms with Gasteiger partial charge >= 0.3 is 0 Å². The van der Waals surface area contributed by atoms with Gasteiger partial charge in [-0.1, -0.05) is 11.1 Å². The van der Waals surface area contributed by atoms with Gasteiger partial charge in [0, 0.05) is 52.0 Å². The number of anilines is 1. The van der Waals surface area contributed by atoms with Gasteiger partial charge in [-0.3, -0.25) is 0 Å². The van der Waals surface area contributed by atoms with Gasteiger partial charge in [-0.05, 0) is 56.7 Å². The molecule has 0 spiro atoms. The number of benzene rings is 3. The molecule has 2 aromatic carbocycles. The van der Waals surface area contributed by atoms with Crippen LogP contribution in [0.3, 0.4) is 0 Å². The molecule has 0 fully saturated rings. The number of nitrogens with one attached hydrogen (secondary N) is 1. The minimum Gasteiger partial charge on any atom is -0.456 e. The molecule has 0 radical (unpaired) electrons. The summed E-state index contributed by atoms with van der Waals surface area (Å²) >= 11 is 0.728. The maximum absolute atomic E-state index is 12.2. The minimum atomic E-state index is -3.47. The predicted octanol–water partition coefficient (Wildman–Crippen LogP) is 5.28. The number of fused-ring (bicyclic) bond motifs is 2. The highest BCUT2D eigenvalue weighted by Gasteiger charge is 2.22. The second kappa shape index (κ2) is 11.0. The normalized spacial score (nSPS) is 11.8. The van der Waals surface area contributed by atoms with E-state index in [4.69, 9.17) is 14.0 Å². The summed E-state index contributed by atoms with van der Waals surface area (Å²) in [5.41, 5.74) is 4.02. The number of hydrogen-bond acceptors (Lipinski definition) is 8. The number of sulfone groups is 1. The monoisotopic (exact) mass is 529 g/mol. The molecule has 10 heteroatoms. The second-order valence-corrected chi connectivity index (χ2v) is 11.0. The van der Waals surface area contributed by atoms with Gasteiger partial charge in [0.25, 0.3) is 0 Å². The second-order valence-electron chi connectivity index (χ2n) is 8.23. The summed E-state index contributed by atoms with van der Waals surface area (Å²) in [5, 5.41) is 17.8. The van der Waals surface area contributed by atoms with E-state index in [0.29, 0.717) is 21.8 Å². The first-order chi connectivity index (χ1) is 17.3. The molecule has 0 saturated carbocycles. The van der Waals surface area contributed by atoms with E-state index in [9.17, 15) is 8.42 Å². The van der Waals surface area contributed by atoms with E-state index >= 15 is 0 Å². The smallest absolute Gasteiger partial charge is 0.203 e. The van der Waals surface area contributed by atoms with Gasteiger partial charge in [0.05, 0.1) is 23.0 Å². The lowest BCUT2D eigenvalue weighted by Crippen LogP contribution is -2.29. The van der Waals surface area contributed by atoms with Gasteiger partial charge < -0.3 is 9.73 Å². The molecule has 8 nitrogen and oxygen atoms in total. The fourth-order valence-corrected chi connectivity index (χ4v) is 5.59. The largest absolute Gasteiger partial charge is 0.456 e. The third-order valence-electron chi connectivity index (χ3n) is 6.02. The summed E-state index contributed by atoms with van der Waals surface area (Å²) in [7, 11) is -3.47. The first-order valence-electron chi connectivity index (χ1n) is 11.6. The molecule has 1 aliphatic heterocycles.